The summed E-state index contributed by atoms with van der Waals surface area (Å²) in [5.41, 5.74) is 3.01. The van der Waals surface area contributed by atoms with E-state index in [9.17, 15) is 4.79 Å². The first-order valence-electron chi connectivity index (χ1n) is 8.55. The molecule has 0 atom stereocenters. The maximum absolute atomic E-state index is 11.5. The Morgan fingerprint density at radius 3 is 2.78 bits per heavy atom. The van der Waals surface area contributed by atoms with Crippen molar-refractivity contribution in [2.75, 3.05) is 18.5 Å². The zero-order valence-corrected chi connectivity index (χ0v) is 14.8. The minimum absolute atomic E-state index is 0.354. The first-order chi connectivity index (χ1) is 13.2. The zero-order valence-electron chi connectivity index (χ0n) is 14.8. The molecule has 0 aliphatic rings. The van der Waals surface area contributed by atoms with Gasteiger partial charge in [-0.05, 0) is 48.9 Å². The van der Waals surface area contributed by atoms with E-state index in [0.29, 0.717) is 24.5 Å². The molecule has 0 bridgehead atoms. The van der Waals surface area contributed by atoms with Crippen molar-refractivity contribution in [3.63, 3.8) is 0 Å². The number of aromatic nitrogens is 3. The number of rotatable bonds is 6. The van der Waals surface area contributed by atoms with Gasteiger partial charge in [-0.15, -0.1) is 0 Å². The molecule has 0 saturated heterocycles. The summed E-state index contributed by atoms with van der Waals surface area (Å²) in [5.74, 6) is 0.666. The Morgan fingerprint density at radius 1 is 1.15 bits per heavy atom. The maximum Gasteiger partial charge on any atom is 0.336 e. The molecule has 1 N–H and O–H groups in total. The number of hydrogen-bond donors (Lipinski definition) is 1. The highest BCUT2D eigenvalue weighted by molar-refractivity contribution is 5.81. The molecule has 7 heteroatoms. The SMILES string of the molecule is Cc1cc(=O)oc2cc(OCCNc3ccc(-n4cncn4)cc3)ccc12. The molecule has 4 aromatic rings. The summed E-state index contributed by atoms with van der Waals surface area (Å²) >= 11 is 0. The number of hydrogen-bond acceptors (Lipinski definition) is 6. The molecule has 4 rings (SSSR count). The fourth-order valence-electron chi connectivity index (χ4n) is 2.83. The summed E-state index contributed by atoms with van der Waals surface area (Å²) < 4.78 is 12.7. The fraction of sp³-hybridized carbons (Fsp3) is 0.150. The number of ether oxygens (including phenoxy) is 1. The van der Waals surface area contributed by atoms with Gasteiger partial charge in [-0.3, -0.25) is 0 Å². The quantitative estimate of drug-likeness (QED) is 0.419. The van der Waals surface area contributed by atoms with Gasteiger partial charge in [0.25, 0.3) is 0 Å². The van der Waals surface area contributed by atoms with Crippen LogP contribution in [0.15, 0.2) is 70.4 Å². The summed E-state index contributed by atoms with van der Waals surface area (Å²) in [7, 11) is 0. The van der Waals surface area contributed by atoms with Crippen LogP contribution in [0.2, 0.25) is 0 Å². The monoisotopic (exact) mass is 362 g/mol. The van der Waals surface area contributed by atoms with E-state index in [1.165, 1.54) is 12.4 Å². The predicted octanol–water partition coefficient (Wildman–Crippen LogP) is 3.17. The molecule has 0 aliphatic heterocycles. The van der Waals surface area contributed by atoms with Gasteiger partial charge in [0, 0.05) is 29.8 Å². The standard InChI is InChI=1S/C20H18N4O3/c1-14-10-20(25)27-19-11-17(6-7-18(14)19)26-9-8-22-15-2-4-16(5-3-15)24-13-21-12-23-24/h2-7,10-13,22H,8-9H2,1H3. The lowest BCUT2D eigenvalue weighted by Crippen LogP contribution is -2.11. The van der Waals surface area contributed by atoms with Gasteiger partial charge < -0.3 is 14.5 Å². The average Bonchev–Trinajstić information content (AvgIpc) is 3.20. The van der Waals surface area contributed by atoms with Crippen LogP contribution in [0.5, 0.6) is 5.75 Å². The van der Waals surface area contributed by atoms with E-state index in [-0.39, 0.29) is 5.63 Å². The molecule has 2 heterocycles. The largest absolute Gasteiger partial charge is 0.492 e. The van der Waals surface area contributed by atoms with Gasteiger partial charge in [0.2, 0.25) is 0 Å². The van der Waals surface area contributed by atoms with Crippen LogP contribution in [0.4, 0.5) is 5.69 Å². The Bertz CT molecular complexity index is 1100. The number of fused-ring (bicyclic) bond motifs is 1. The molecule has 0 unspecified atom stereocenters. The summed E-state index contributed by atoms with van der Waals surface area (Å²) in [4.78, 5) is 15.4. The van der Waals surface area contributed by atoms with E-state index >= 15 is 0 Å². The lowest BCUT2D eigenvalue weighted by Gasteiger charge is -2.10. The van der Waals surface area contributed by atoms with Crippen LogP contribution in [-0.2, 0) is 0 Å². The molecule has 0 aliphatic carbocycles. The highest BCUT2D eigenvalue weighted by atomic mass is 16.5. The van der Waals surface area contributed by atoms with Crippen molar-refractivity contribution in [1.82, 2.24) is 14.8 Å². The predicted molar refractivity (Wildman–Crippen MR) is 103 cm³/mol. The maximum atomic E-state index is 11.5. The molecule has 0 fully saturated rings. The Labute approximate surface area is 155 Å². The van der Waals surface area contributed by atoms with Crippen molar-refractivity contribution in [2.45, 2.75) is 6.92 Å². The molecule has 27 heavy (non-hydrogen) atoms. The summed E-state index contributed by atoms with van der Waals surface area (Å²) in [6.45, 7) is 3.00. The molecule has 2 aromatic carbocycles. The Morgan fingerprint density at radius 2 is 2.00 bits per heavy atom. The Kier molecular flexibility index (Phi) is 4.57. The van der Waals surface area contributed by atoms with Gasteiger partial charge in [-0.1, -0.05) is 0 Å². The second-order valence-corrected chi connectivity index (χ2v) is 6.07. The van der Waals surface area contributed by atoms with Crippen LogP contribution in [0.25, 0.3) is 16.7 Å². The molecule has 0 spiro atoms. The van der Waals surface area contributed by atoms with Crippen LogP contribution < -0.4 is 15.7 Å². The molecular formula is C20H18N4O3. The van der Waals surface area contributed by atoms with Crippen molar-refractivity contribution >= 4 is 16.7 Å². The molecule has 7 nitrogen and oxygen atoms in total. The summed E-state index contributed by atoms with van der Waals surface area (Å²) in [5, 5.41) is 8.30. The minimum atomic E-state index is -0.354. The lowest BCUT2D eigenvalue weighted by molar-refractivity contribution is 0.332. The Hall–Kier alpha value is -3.61. The molecule has 0 amide bonds. The summed E-state index contributed by atoms with van der Waals surface area (Å²) in [6.07, 6.45) is 3.16. The molecule has 0 saturated carbocycles. The lowest BCUT2D eigenvalue weighted by atomic mass is 10.1. The van der Waals surface area contributed by atoms with E-state index in [1.807, 2.05) is 43.3 Å². The molecule has 136 valence electrons. The first-order valence-corrected chi connectivity index (χ1v) is 8.55. The van der Waals surface area contributed by atoms with Gasteiger partial charge in [0.1, 0.15) is 30.6 Å². The molecule has 2 aromatic heterocycles. The third kappa shape index (κ3) is 3.82. The van der Waals surface area contributed by atoms with Gasteiger partial charge in [0.15, 0.2) is 0 Å². The van der Waals surface area contributed by atoms with Gasteiger partial charge in [-0.2, -0.15) is 5.10 Å². The first kappa shape index (κ1) is 16.8. The molecule has 0 radical (unpaired) electrons. The van der Waals surface area contributed by atoms with E-state index in [2.05, 4.69) is 15.4 Å². The van der Waals surface area contributed by atoms with E-state index in [4.69, 9.17) is 9.15 Å². The summed E-state index contributed by atoms with van der Waals surface area (Å²) in [6, 6.07) is 14.9. The molecular weight excluding hydrogens is 344 g/mol. The average molecular weight is 362 g/mol. The van der Waals surface area contributed by atoms with Crippen molar-refractivity contribution in [2.24, 2.45) is 0 Å². The van der Waals surface area contributed by atoms with E-state index in [1.54, 1.807) is 17.1 Å². The normalized spacial score (nSPS) is 10.9. The van der Waals surface area contributed by atoms with Crippen molar-refractivity contribution in [1.29, 1.82) is 0 Å². The zero-order chi connectivity index (χ0) is 18.6. The minimum Gasteiger partial charge on any atom is -0.492 e. The van der Waals surface area contributed by atoms with Crippen LogP contribution in [0.1, 0.15) is 5.56 Å². The number of nitrogens with zero attached hydrogens (tertiary/aromatic N) is 3. The number of anilines is 1. The van der Waals surface area contributed by atoms with E-state index in [0.717, 1.165) is 22.3 Å². The van der Waals surface area contributed by atoms with Crippen molar-refractivity contribution < 1.29 is 9.15 Å². The number of aryl methyl sites for hydroxylation is 1. The highest BCUT2D eigenvalue weighted by Crippen LogP contribution is 2.22. The van der Waals surface area contributed by atoms with Crippen LogP contribution in [-0.4, -0.2) is 27.9 Å². The Balaban J connectivity index is 1.33. The van der Waals surface area contributed by atoms with Gasteiger partial charge in [0.05, 0.1) is 5.69 Å². The van der Waals surface area contributed by atoms with Crippen LogP contribution >= 0.6 is 0 Å². The van der Waals surface area contributed by atoms with E-state index < -0.39 is 0 Å². The smallest absolute Gasteiger partial charge is 0.336 e. The number of nitrogens with one attached hydrogen (secondary N) is 1. The van der Waals surface area contributed by atoms with Crippen molar-refractivity contribution in [3.8, 4) is 11.4 Å². The third-order valence-corrected chi connectivity index (χ3v) is 4.17. The third-order valence-electron chi connectivity index (χ3n) is 4.17. The van der Waals surface area contributed by atoms with Crippen molar-refractivity contribution in [3.05, 3.63) is 77.2 Å². The second-order valence-electron chi connectivity index (χ2n) is 6.07. The topological polar surface area (TPSA) is 82.2 Å². The van der Waals surface area contributed by atoms with Gasteiger partial charge in [-0.25, -0.2) is 14.5 Å². The van der Waals surface area contributed by atoms with Crippen LogP contribution in [0, 0.1) is 6.92 Å². The van der Waals surface area contributed by atoms with Crippen LogP contribution in [0.3, 0.4) is 0 Å². The van der Waals surface area contributed by atoms with Gasteiger partial charge >= 0.3 is 5.63 Å². The number of benzene rings is 2. The second kappa shape index (κ2) is 7.33. The fourth-order valence-corrected chi connectivity index (χ4v) is 2.83. The highest BCUT2D eigenvalue weighted by Gasteiger charge is 2.04.